The summed E-state index contributed by atoms with van der Waals surface area (Å²) in [7, 11) is 3.08. The summed E-state index contributed by atoms with van der Waals surface area (Å²) < 4.78 is 15.6. The quantitative estimate of drug-likeness (QED) is 0.424. The Hall–Kier alpha value is -2.87. The number of nitrogens with zero attached hydrogens (tertiary/aromatic N) is 3. The molecule has 27 heavy (non-hydrogen) atoms. The smallest absolute Gasteiger partial charge is 0.323 e. The minimum Gasteiger partial charge on any atom is -0.497 e. The lowest BCUT2D eigenvalue weighted by atomic mass is 10.0. The minimum atomic E-state index is -1.18. The highest BCUT2D eigenvalue weighted by atomic mass is 35.5. The van der Waals surface area contributed by atoms with Gasteiger partial charge in [-0.15, -0.1) is 0 Å². The van der Waals surface area contributed by atoms with E-state index in [2.05, 4.69) is 9.97 Å². The molecule has 0 saturated heterocycles. The molecule has 2 heterocycles. The third kappa shape index (κ3) is 3.40. The predicted octanol–water partition coefficient (Wildman–Crippen LogP) is 2.34. The molecular formula is C18H18ClN3O5. The second kappa shape index (κ2) is 7.79. The number of hydrogen-bond acceptors (Lipinski definition) is 7. The molecule has 0 saturated carbocycles. The van der Waals surface area contributed by atoms with Gasteiger partial charge in [0.1, 0.15) is 28.8 Å². The molecule has 3 rings (SSSR count). The van der Waals surface area contributed by atoms with Crippen molar-refractivity contribution in [2.75, 3.05) is 25.7 Å². The molecule has 9 heteroatoms. The molecule has 0 N–H and O–H groups in total. The largest absolute Gasteiger partial charge is 0.497 e. The fraction of sp³-hybridized carbons (Fsp3) is 0.333. The number of amides is 1. The Morgan fingerprint density at radius 3 is 2.70 bits per heavy atom. The van der Waals surface area contributed by atoms with Crippen molar-refractivity contribution in [3.63, 3.8) is 0 Å². The maximum absolute atomic E-state index is 13.0. The zero-order valence-corrected chi connectivity index (χ0v) is 15.8. The van der Waals surface area contributed by atoms with E-state index in [1.54, 1.807) is 32.2 Å². The average molecular weight is 392 g/mol. The number of methoxy groups -OCH3 is 2. The molecule has 1 aromatic carbocycles. The van der Waals surface area contributed by atoms with Gasteiger partial charge < -0.3 is 14.2 Å². The number of esters is 1. The normalized spacial score (nSPS) is 15.5. The van der Waals surface area contributed by atoms with Crippen LogP contribution < -0.4 is 14.4 Å². The van der Waals surface area contributed by atoms with Gasteiger partial charge in [-0.2, -0.15) is 0 Å². The number of fused-ring (bicyclic) bond motifs is 1. The lowest BCUT2D eigenvalue weighted by Crippen LogP contribution is -2.32. The zero-order chi connectivity index (χ0) is 19.6. The van der Waals surface area contributed by atoms with Gasteiger partial charge in [-0.1, -0.05) is 11.6 Å². The molecule has 1 unspecified atom stereocenters. The molecule has 8 nitrogen and oxygen atoms in total. The number of anilines is 1. The highest BCUT2D eigenvalue weighted by Gasteiger charge is 2.46. The Kier molecular flexibility index (Phi) is 5.46. The lowest BCUT2D eigenvalue weighted by molar-refractivity contribution is -0.147. The van der Waals surface area contributed by atoms with Crippen molar-refractivity contribution in [2.24, 2.45) is 0 Å². The van der Waals surface area contributed by atoms with Gasteiger partial charge in [-0.25, -0.2) is 9.97 Å². The van der Waals surface area contributed by atoms with Gasteiger partial charge in [-0.3, -0.25) is 14.5 Å². The van der Waals surface area contributed by atoms with E-state index in [-0.39, 0.29) is 29.7 Å². The van der Waals surface area contributed by atoms with Gasteiger partial charge in [-0.05, 0) is 19.1 Å². The first-order valence-electron chi connectivity index (χ1n) is 8.21. The summed E-state index contributed by atoms with van der Waals surface area (Å²) in [6.07, 6.45) is 1.25. The Morgan fingerprint density at radius 2 is 2.04 bits per heavy atom. The summed E-state index contributed by atoms with van der Waals surface area (Å²) in [6.45, 7) is 1.96. The van der Waals surface area contributed by atoms with E-state index in [1.165, 1.54) is 18.3 Å². The molecule has 0 radical (unpaired) electrons. The maximum atomic E-state index is 13.0. The van der Waals surface area contributed by atoms with Crippen LogP contribution >= 0.6 is 11.6 Å². The lowest BCUT2D eigenvalue weighted by Gasteiger charge is -2.19. The minimum absolute atomic E-state index is 0.0515. The van der Waals surface area contributed by atoms with E-state index < -0.39 is 17.8 Å². The number of carbonyl (C=O) groups is 2. The molecule has 0 spiro atoms. The highest BCUT2D eigenvalue weighted by molar-refractivity contribution is 6.32. The number of benzene rings is 1. The molecule has 0 aliphatic carbocycles. The van der Waals surface area contributed by atoms with E-state index >= 15 is 0 Å². The summed E-state index contributed by atoms with van der Waals surface area (Å²) in [6, 6.07) is 5.26. The fourth-order valence-electron chi connectivity index (χ4n) is 2.96. The summed E-state index contributed by atoms with van der Waals surface area (Å²) in [5, 5.41) is 0.0515. The molecule has 1 aromatic heterocycles. The number of aromatic nitrogens is 2. The molecule has 1 atom stereocenters. The van der Waals surface area contributed by atoms with Crippen LogP contribution in [0, 0.1) is 0 Å². The van der Waals surface area contributed by atoms with Crippen LogP contribution in [0.5, 0.6) is 11.5 Å². The summed E-state index contributed by atoms with van der Waals surface area (Å²) in [5.41, 5.74) is 0.979. The van der Waals surface area contributed by atoms with Crippen LogP contribution in [-0.4, -0.2) is 42.7 Å². The maximum Gasteiger partial charge on any atom is 0.323 e. The first-order valence-corrected chi connectivity index (χ1v) is 8.58. The van der Waals surface area contributed by atoms with Crippen LogP contribution in [0.3, 0.4) is 0 Å². The zero-order valence-electron chi connectivity index (χ0n) is 15.1. The summed E-state index contributed by atoms with van der Waals surface area (Å²) in [5.74, 6) is -0.871. The van der Waals surface area contributed by atoms with Gasteiger partial charge in [0.05, 0.1) is 32.9 Å². The van der Waals surface area contributed by atoms with Gasteiger partial charge >= 0.3 is 5.97 Å². The highest BCUT2D eigenvalue weighted by Crippen LogP contribution is 2.41. The molecule has 1 amide bonds. The SMILES string of the molecule is CCOC(=O)C1C(=O)N(Cc2ccc(OC)cc2OC)c2ncnc(Cl)c21. The third-order valence-corrected chi connectivity index (χ3v) is 4.52. The van der Waals surface area contributed by atoms with Crippen molar-refractivity contribution >= 4 is 29.3 Å². The first kappa shape index (κ1) is 18.9. The summed E-state index contributed by atoms with van der Waals surface area (Å²) >= 11 is 6.16. The van der Waals surface area contributed by atoms with Gasteiger partial charge in [0.25, 0.3) is 0 Å². The number of halogens is 1. The number of rotatable bonds is 6. The number of hydrogen-bond donors (Lipinski definition) is 0. The first-order chi connectivity index (χ1) is 13.0. The molecule has 142 valence electrons. The second-order valence-electron chi connectivity index (χ2n) is 5.69. The Bertz CT molecular complexity index is 889. The van der Waals surface area contributed by atoms with Crippen LogP contribution in [0.4, 0.5) is 5.82 Å². The van der Waals surface area contributed by atoms with Crippen LogP contribution in [0.1, 0.15) is 24.0 Å². The number of ether oxygens (including phenoxy) is 3. The molecule has 1 aliphatic rings. The van der Waals surface area contributed by atoms with Crippen molar-refractivity contribution in [2.45, 2.75) is 19.4 Å². The Morgan fingerprint density at radius 1 is 1.26 bits per heavy atom. The van der Waals surface area contributed by atoms with Crippen molar-refractivity contribution in [1.29, 1.82) is 0 Å². The van der Waals surface area contributed by atoms with Crippen LogP contribution in [0.25, 0.3) is 0 Å². The van der Waals surface area contributed by atoms with Crippen LogP contribution in [0.2, 0.25) is 5.15 Å². The van der Waals surface area contributed by atoms with E-state index in [9.17, 15) is 9.59 Å². The van der Waals surface area contributed by atoms with E-state index in [0.29, 0.717) is 11.5 Å². The van der Waals surface area contributed by atoms with Crippen molar-refractivity contribution in [3.05, 3.63) is 40.8 Å². The van der Waals surface area contributed by atoms with Gasteiger partial charge in [0.15, 0.2) is 5.92 Å². The number of carbonyl (C=O) groups excluding carboxylic acids is 2. The van der Waals surface area contributed by atoms with E-state index in [0.717, 1.165) is 5.56 Å². The monoisotopic (exact) mass is 391 g/mol. The van der Waals surface area contributed by atoms with E-state index in [4.69, 9.17) is 25.8 Å². The average Bonchev–Trinajstić information content (AvgIpc) is 2.95. The van der Waals surface area contributed by atoms with Crippen molar-refractivity contribution in [3.8, 4) is 11.5 Å². The Balaban J connectivity index is 2.01. The van der Waals surface area contributed by atoms with Crippen molar-refractivity contribution in [1.82, 2.24) is 9.97 Å². The molecule has 2 aromatic rings. The molecule has 1 aliphatic heterocycles. The standard InChI is InChI=1S/C18H18ClN3O5/c1-4-27-18(24)14-13-15(19)20-9-21-16(13)22(17(14)23)8-10-5-6-11(25-2)7-12(10)26-3/h5-7,9,14H,4,8H2,1-3H3. The Labute approximate surface area is 161 Å². The molecular weight excluding hydrogens is 374 g/mol. The van der Waals surface area contributed by atoms with Gasteiger partial charge in [0.2, 0.25) is 5.91 Å². The van der Waals surface area contributed by atoms with E-state index in [1.807, 2.05) is 0 Å². The summed E-state index contributed by atoms with van der Waals surface area (Å²) in [4.78, 5) is 34.8. The van der Waals surface area contributed by atoms with Crippen LogP contribution in [0.15, 0.2) is 24.5 Å². The predicted molar refractivity (Wildman–Crippen MR) is 97.2 cm³/mol. The molecule has 0 bridgehead atoms. The fourth-order valence-corrected chi connectivity index (χ4v) is 3.20. The third-order valence-electron chi connectivity index (χ3n) is 4.22. The topological polar surface area (TPSA) is 90.9 Å². The van der Waals surface area contributed by atoms with Gasteiger partial charge in [0, 0.05) is 11.6 Å². The second-order valence-corrected chi connectivity index (χ2v) is 6.05. The molecule has 0 fully saturated rings. The van der Waals surface area contributed by atoms with Crippen molar-refractivity contribution < 1.29 is 23.8 Å². The van der Waals surface area contributed by atoms with Crippen LogP contribution in [-0.2, 0) is 20.9 Å².